The molecule has 9 nitrogen and oxygen atoms in total. The summed E-state index contributed by atoms with van der Waals surface area (Å²) in [5.74, 6) is 1.48. The molecule has 0 atom stereocenters. The second kappa shape index (κ2) is 9.70. The fourth-order valence-electron chi connectivity index (χ4n) is 3.45. The van der Waals surface area contributed by atoms with E-state index in [9.17, 15) is 9.59 Å². The van der Waals surface area contributed by atoms with Crippen molar-refractivity contribution in [1.29, 1.82) is 0 Å². The molecule has 0 aliphatic carbocycles. The molecule has 9 heteroatoms. The predicted molar refractivity (Wildman–Crippen MR) is 121 cm³/mol. The van der Waals surface area contributed by atoms with E-state index in [0.29, 0.717) is 39.5 Å². The Kier molecular flexibility index (Phi) is 6.53. The number of hydrogen-bond donors (Lipinski definition) is 0. The molecule has 0 aliphatic rings. The Bertz CT molecular complexity index is 1380. The molecule has 0 bridgehead atoms. The Labute approximate surface area is 194 Å². The van der Waals surface area contributed by atoms with Gasteiger partial charge >= 0.3 is 11.6 Å². The number of carbonyl (C=O) groups is 1. The van der Waals surface area contributed by atoms with E-state index in [1.165, 1.54) is 26.4 Å². The van der Waals surface area contributed by atoms with Crippen molar-refractivity contribution in [3.05, 3.63) is 81.0 Å². The Morgan fingerprint density at radius 2 is 1.79 bits per heavy atom. The fourth-order valence-corrected chi connectivity index (χ4v) is 3.45. The maximum absolute atomic E-state index is 12.7. The number of hydrogen-bond acceptors (Lipinski definition) is 9. The maximum Gasteiger partial charge on any atom is 0.338 e. The molecule has 176 valence electrons. The van der Waals surface area contributed by atoms with Crippen LogP contribution < -0.4 is 19.8 Å². The highest BCUT2D eigenvalue weighted by molar-refractivity contribution is 5.90. The highest BCUT2D eigenvalue weighted by atomic mass is 16.5. The number of methoxy groups -OCH3 is 2. The van der Waals surface area contributed by atoms with E-state index in [1.807, 2.05) is 13.8 Å². The first-order chi connectivity index (χ1) is 16.4. The van der Waals surface area contributed by atoms with Crippen LogP contribution in [0.15, 0.2) is 56.2 Å². The first-order valence-corrected chi connectivity index (χ1v) is 10.4. The minimum absolute atomic E-state index is 0.111. The Balaban J connectivity index is 1.49. The van der Waals surface area contributed by atoms with E-state index in [-0.39, 0.29) is 18.8 Å². The summed E-state index contributed by atoms with van der Waals surface area (Å²) < 4.78 is 32.2. The van der Waals surface area contributed by atoms with Gasteiger partial charge in [0.15, 0.2) is 11.5 Å². The van der Waals surface area contributed by atoms with Gasteiger partial charge in [-0.2, -0.15) is 0 Å². The lowest BCUT2D eigenvalue weighted by Gasteiger charge is -2.12. The number of benzene rings is 2. The van der Waals surface area contributed by atoms with Crippen LogP contribution >= 0.6 is 0 Å². The lowest BCUT2D eigenvalue weighted by molar-refractivity contribution is 0.0473. The normalized spacial score (nSPS) is 10.8. The Morgan fingerprint density at radius 3 is 2.50 bits per heavy atom. The van der Waals surface area contributed by atoms with Gasteiger partial charge in [0, 0.05) is 23.1 Å². The minimum atomic E-state index is -0.578. The van der Waals surface area contributed by atoms with Crippen LogP contribution in [0.3, 0.4) is 0 Å². The molecule has 0 spiro atoms. The number of ether oxygens (including phenoxy) is 4. The highest BCUT2D eigenvalue weighted by Crippen LogP contribution is 2.30. The maximum atomic E-state index is 12.7. The van der Waals surface area contributed by atoms with Gasteiger partial charge in [0.1, 0.15) is 30.3 Å². The molecular formula is C25H23NO8. The minimum Gasteiger partial charge on any atom is -0.497 e. The van der Waals surface area contributed by atoms with Crippen LogP contribution in [0.4, 0.5) is 0 Å². The number of rotatable bonds is 8. The van der Waals surface area contributed by atoms with Crippen molar-refractivity contribution in [2.45, 2.75) is 27.1 Å². The topological polar surface area (TPSA) is 110 Å². The van der Waals surface area contributed by atoms with Crippen LogP contribution in [0.5, 0.6) is 17.2 Å². The number of carbonyl (C=O) groups excluding carboxylic acids is 1. The zero-order valence-corrected chi connectivity index (χ0v) is 19.2. The molecule has 4 aromatic rings. The van der Waals surface area contributed by atoms with E-state index in [0.717, 1.165) is 11.3 Å². The number of fused-ring (bicyclic) bond motifs is 1. The van der Waals surface area contributed by atoms with E-state index in [4.69, 9.17) is 27.9 Å². The molecule has 0 unspecified atom stereocenters. The largest absolute Gasteiger partial charge is 0.497 e. The average molecular weight is 465 g/mol. The van der Waals surface area contributed by atoms with Crippen molar-refractivity contribution < 1.29 is 32.7 Å². The molecule has 2 aromatic carbocycles. The standard InChI is InChI=1S/C25H23NO8/c1-14-20(15(2)34-26-14)13-31-21-8-5-16(9-23(21)30-4)25(28)32-12-17-10-24(27)33-22-11-18(29-3)6-7-19(17)22/h5-11H,12-13H2,1-4H3. The molecule has 0 radical (unpaired) electrons. The van der Waals surface area contributed by atoms with Crippen molar-refractivity contribution in [3.8, 4) is 17.2 Å². The summed E-state index contributed by atoms with van der Waals surface area (Å²) in [4.78, 5) is 24.6. The fraction of sp³-hybridized carbons (Fsp3) is 0.240. The smallest absolute Gasteiger partial charge is 0.338 e. The van der Waals surface area contributed by atoms with Gasteiger partial charge in [-0.15, -0.1) is 0 Å². The first kappa shape index (κ1) is 22.9. The van der Waals surface area contributed by atoms with Crippen LogP contribution in [0.25, 0.3) is 11.0 Å². The van der Waals surface area contributed by atoms with Crippen LogP contribution in [0.1, 0.15) is 32.9 Å². The van der Waals surface area contributed by atoms with Crippen molar-refractivity contribution in [3.63, 3.8) is 0 Å². The summed E-state index contributed by atoms with van der Waals surface area (Å²) in [5, 5.41) is 4.55. The molecule has 0 saturated heterocycles. The van der Waals surface area contributed by atoms with Gasteiger partial charge in [0.2, 0.25) is 0 Å². The van der Waals surface area contributed by atoms with Crippen molar-refractivity contribution in [1.82, 2.24) is 5.16 Å². The summed E-state index contributed by atoms with van der Waals surface area (Å²) in [5.41, 5.74) is 2.19. The van der Waals surface area contributed by atoms with Gasteiger partial charge in [-0.1, -0.05) is 5.16 Å². The Morgan fingerprint density at radius 1 is 0.971 bits per heavy atom. The molecular weight excluding hydrogens is 442 g/mol. The number of aromatic nitrogens is 1. The predicted octanol–water partition coefficient (Wildman–Crippen LogP) is 4.35. The molecule has 0 aliphatic heterocycles. The first-order valence-electron chi connectivity index (χ1n) is 10.4. The highest BCUT2D eigenvalue weighted by Gasteiger charge is 2.16. The van der Waals surface area contributed by atoms with Gasteiger partial charge in [0.05, 0.1) is 31.0 Å². The number of esters is 1. The third-order valence-electron chi connectivity index (χ3n) is 5.35. The molecule has 0 saturated carbocycles. The van der Waals surface area contributed by atoms with Gasteiger partial charge in [-0.25, -0.2) is 9.59 Å². The van der Waals surface area contributed by atoms with Crippen molar-refractivity contribution >= 4 is 16.9 Å². The van der Waals surface area contributed by atoms with Crippen LogP contribution in [-0.2, 0) is 18.0 Å². The average Bonchev–Trinajstić information content (AvgIpc) is 3.17. The third-order valence-corrected chi connectivity index (χ3v) is 5.35. The van der Waals surface area contributed by atoms with Gasteiger partial charge < -0.3 is 27.9 Å². The summed E-state index contributed by atoms with van der Waals surface area (Å²) in [6, 6.07) is 11.1. The number of nitrogens with zero attached hydrogens (tertiary/aromatic N) is 1. The summed E-state index contributed by atoms with van der Waals surface area (Å²) in [7, 11) is 3.00. The number of aryl methyl sites for hydroxylation is 2. The van der Waals surface area contributed by atoms with Crippen LogP contribution in [-0.4, -0.2) is 25.3 Å². The van der Waals surface area contributed by atoms with Gasteiger partial charge in [-0.05, 0) is 44.2 Å². The zero-order chi connectivity index (χ0) is 24.2. The quantitative estimate of drug-likeness (QED) is 0.277. The van der Waals surface area contributed by atoms with E-state index >= 15 is 0 Å². The molecule has 2 aromatic heterocycles. The monoisotopic (exact) mass is 465 g/mol. The van der Waals surface area contributed by atoms with Crippen LogP contribution in [0.2, 0.25) is 0 Å². The molecule has 0 amide bonds. The lowest BCUT2D eigenvalue weighted by atomic mass is 10.1. The van der Waals surface area contributed by atoms with E-state index in [2.05, 4.69) is 5.16 Å². The molecule has 4 rings (SSSR count). The second-order valence-corrected chi connectivity index (χ2v) is 7.49. The zero-order valence-electron chi connectivity index (χ0n) is 19.2. The molecule has 34 heavy (non-hydrogen) atoms. The molecule has 2 heterocycles. The summed E-state index contributed by atoms with van der Waals surface area (Å²) in [6.45, 7) is 3.78. The van der Waals surface area contributed by atoms with Gasteiger partial charge in [0.25, 0.3) is 0 Å². The summed E-state index contributed by atoms with van der Waals surface area (Å²) >= 11 is 0. The van der Waals surface area contributed by atoms with Crippen LogP contribution in [0, 0.1) is 13.8 Å². The SMILES string of the molecule is COc1ccc2c(COC(=O)c3ccc(OCc4c(C)noc4C)c(OC)c3)cc(=O)oc2c1. The van der Waals surface area contributed by atoms with Crippen molar-refractivity contribution in [2.75, 3.05) is 14.2 Å². The van der Waals surface area contributed by atoms with Crippen molar-refractivity contribution in [2.24, 2.45) is 0 Å². The second-order valence-electron chi connectivity index (χ2n) is 7.49. The molecule has 0 fully saturated rings. The third kappa shape index (κ3) is 4.73. The van der Waals surface area contributed by atoms with E-state index < -0.39 is 11.6 Å². The van der Waals surface area contributed by atoms with Gasteiger partial charge in [-0.3, -0.25) is 0 Å². The Hall–Kier alpha value is -4.27. The van der Waals surface area contributed by atoms with E-state index in [1.54, 1.807) is 30.3 Å². The lowest BCUT2D eigenvalue weighted by Crippen LogP contribution is -2.08. The summed E-state index contributed by atoms with van der Waals surface area (Å²) in [6.07, 6.45) is 0. The molecule has 0 N–H and O–H groups in total.